The van der Waals surface area contributed by atoms with E-state index in [-0.39, 0.29) is 5.56 Å². The first-order valence-electron chi connectivity index (χ1n) is 4.95. The van der Waals surface area contributed by atoms with E-state index in [1.54, 1.807) is 12.1 Å². The highest BCUT2D eigenvalue weighted by molar-refractivity contribution is 6.00. The van der Waals surface area contributed by atoms with Crippen LogP contribution < -0.4 is 5.11 Å². The molecule has 0 fully saturated rings. The molecular formula is C13H11O3-. The number of carboxylic acid groups (broad SMARTS) is 1. The lowest BCUT2D eigenvalue weighted by Crippen LogP contribution is -2.04. The van der Waals surface area contributed by atoms with Gasteiger partial charge in [0.1, 0.15) is 0 Å². The van der Waals surface area contributed by atoms with Crippen LogP contribution >= 0.6 is 0 Å². The summed E-state index contributed by atoms with van der Waals surface area (Å²) in [7, 11) is 0. The molecule has 2 rings (SSSR count). The maximum Gasteiger partial charge on any atom is 0.335 e. The summed E-state index contributed by atoms with van der Waals surface area (Å²) in [6.45, 7) is 3.87. The lowest BCUT2D eigenvalue weighted by Gasteiger charge is -2.15. The zero-order valence-corrected chi connectivity index (χ0v) is 9.07. The molecule has 0 saturated carbocycles. The molecule has 0 aliphatic heterocycles. The summed E-state index contributed by atoms with van der Waals surface area (Å²) >= 11 is 0. The van der Waals surface area contributed by atoms with Crippen LogP contribution in [0.1, 0.15) is 21.5 Å². The van der Waals surface area contributed by atoms with Gasteiger partial charge >= 0.3 is 5.97 Å². The van der Waals surface area contributed by atoms with Crippen LogP contribution in [-0.4, -0.2) is 11.1 Å². The monoisotopic (exact) mass is 215 g/mol. The molecule has 0 aromatic heterocycles. The van der Waals surface area contributed by atoms with Crippen molar-refractivity contribution < 1.29 is 15.0 Å². The number of hydrogen-bond acceptors (Lipinski definition) is 2. The van der Waals surface area contributed by atoms with E-state index in [1.807, 2.05) is 19.9 Å². The highest BCUT2D eigenvalue weighted by Gasteiger charge is 2.07. The van der Waals surface area contributed by atoms with Gasteiger partial charge in [0.25, 0.3) is 0 Å². The van der Waals surface area contributed by atoms with E-state index in [9.17, 15) is 9.90 Å². The topological polar surface area (TPSA) is 60.4 Å². The highest BCUT2D eigenvalue weighted by atomic mass is 16.4. The number of rotatable bonds is 1. The molecule has 3 heteroatoms. The zero-order valence-electron chi connectivity index (χ0n) is 9.07. The predicted molar refractivity (Wildman–Crippen MR) is 59.8 cm³/mol. The Bertz CT molecular complexity index is 585. The number of fused-ring (bicyclic) bond motifs is 1. The number of aromatic carboxylic acids is 1. The molecule has 2 aromatic carbocycles. The summed E-state index contributed by atoms with van der Waals surface area (Å²) in [5.41, 5.74) is 1.91. The number of carboxylic acids is 1. The molecule has 3 nitrogen and oxygen atoms in total. The smallest absolute Gasteiger partial charge is 0.335 e. The highest BCUT2D eigenvalue weighted by Crippen LogP contribution is 2.28. The molecule has 0 bridgehead atoms. The van der Waals surface area contributed by atoms with Crippen LogP contribution in [0.25, 0.3) is 10.8 Å². The SMILES string of the molecule is Cc1cc2ccc(C(=O)O)c([O-])c2cc1C. The molecule has 0 spiro atoms. The van der Waals surface area contributed by atoms with Crippen LogP contribution in [0.4, 0.5) is 0 Å². The maximum atomic E-state index is 11.9. The van der Waals surface area contributed by atoms with Gasteiger partial charge in [0.15, 0.2) is 0 Å². The van der Waals surface area contributed by atoms with E-state index >= 15 is 0 Å². The van der Waals surface area contributed by atoms with Crippen LogP contribution in [0, 0.1) is 13.8 Å². The number of hydrogen-bond donors (Lipinski definition) is 1. The van der Waals surface area contributed by atoms with Gasteiger partial charge in [-0.15, -0.1) is 0 Å². The second-order valence-electron chi connectivity index (χ2n) is 3.91. The largest absolute Gasteiger partial charge is 0.871 e. The van der Waals surface area contributed by atoms with Crippen molar-refractivity contribution in [3.63, 3.8) is 0 Å². The molecule has 16 heavy (non-hydrogen) atoms. The second-order valence-corrected chi connectivity index (χ2v) is 3.91. The summed E-state index contributed by atoms with van der Waals surface area (Å²) in [6, 6.07) is 6.69. The van der Waals surface area contributed by atoms with Crippen LogP contribution in [0.15, 0.2) is 24.3 Å². The van der Waals surface area contributed by atoms with Gasteiger partial charge in [-0.2, -0.15) is 0 Å². The molecule has 1 N–H and O–H groups in total. The quantitative estimate of drug-likeness (QED) is 0.793. The fraction of sp³-hybridized carbons (Fsp3) is 0.154. The van der Waals surface area contributed by atoms with E-state index in [0.29, 0.717) is 5.39 Å². The van der Waals surface area contributed by atoms with Crippen molar-refractivity contribution in [3.8, 4) is 5.75 Å². The molecule has 2 aromatic rings. The predicted octanol–water partition coefficient (Wildman–Crippen LogP) is 2.23. The average Bonchev–Trinajstić information content (AvgIpc) is 2.21. The minimum absolute atomic E-state index is 0.171. The molecule has 0 aliphatic rings. The van der Waals surface area contributed by atoms with E-state index in [2.05, 4.69) is 0 Å². The standard InChI is InChI=1S/C13H12O3/c1-7-5-9-3-4-10(13(15)16)12(14)11(9)6-8(7)2/h3-6,14H,1-2H3,(H,15,16)/p-1. The Morgan fingerprint density at radius 2 is 1.81 bits per heavy atom. The first-order chi connectivity index (χ1) is 7.50. The van der Waals surface area contributed by atoms with E-state index in [4.69, 9.17) is 5.11 Å². The Morgan fingerprint density at radius 3 is 2.44 bits per heavy atom. The normalized spacial score (nSPS) is 10.6. The van der Waals surface area contributed by atoms with Crippen molar-refractivity contribution in [1.29, 1.82) is 0 Å². The second kappa shape index (κ2) is 3.52. The van der Waals surface area contributed by atoms with Gasteiger partial charge in [0.2, 0.25) is 0 Å². The van der Waals surface area contributed by atoms with Crippen LogP contribution in [0.3, 0.4) is 0 Å². The van der Waals surface area contributed by atoms with Gasteiger partial charge < -0.3 is 10.2 Å². The minimum Gasteiger partial charge on any atom is -0.871 e. The van der Waals surface area contributed by atoms with Gasteiger partial charge in [-0.1, -0.05) is 23.9 Å². The molecule has 0 amide bonds. The Kier molecular flexibility index (Phi) is 2.31. The zero-order chi connectivity index (χ0) is 11.9. The lowest BCUT2D eigenvalue weighted by molar-refractivity contribution is -0.266. The molecule has 82 valence electrons. The van der Waals surface area contributed by atoms with Crippen molar-refractivity contribution in [3.05, 3.63) is 41.0 Å². The Hall–Kier alpha value is -2.03. The molecule has 0 saturated heterocycles. The number of aryl methyl sites for hydroxylation is 2. The molecular weight excluding hydrogens is 204 g/mol. The first-order valence-corrected chi connectivity index (χ1v) is 4.95. The summed E-state index contributed by atoms with van der Waals surface area (Å²) in [5, 5.41) is 22.0. The lowest BCUT2D eigenvalue weighted by atomic mass is 10.00. The van der Waals surface area contributed by atoms with Crippen molar-refractivity contribution in [2.75, 3.05) is 0 Å². The third kappa shape index (κ3) is 1.50. The van der Waals surface area contributed by atoms with Crippen molar-refractivity contribution >= 4 is 16.7 Å². The third-order valence-corrected chi connectivity index (χ3v) is 2.82. The van der Waals surface area contributed by atoms with E-state index in [0.717, 1.165) is 16.5 Å². The maximum absolute atomic E-state index is 11.9. The van der Waals surface area contributed by atoms with Crippen LogP contribution in [0.5, 0.6) is 5.75 Å². The fourth-order valence-corrected chi connectivity index (χ4v) is 1.74. The van der Waals surface area contributed by atoms with Crippen LogP contribution in [0.2, 0.25) is 0 Å². The average molecular weight is 215 g/mol. The molecule has 0 atom stereocenters. The van der Waals surface area contributed by atoms with Gasteiger partial charge in [-0.05, 0) is 41.8 Å². The van der Waals surface area contributed by atoms with E-state index < -0.39 is 11.7 Å². The van der Waals surface area contributed by atoms with Crippen LogP contribution in [-0.2, 0) is 0 Å². The van der Waals surface area contributed by atoms with Gasteiger partial charge in [-0.25, -0.2) is 4.79 Å². The van der Waals surface area contributed by atoms with Crippen molar-refractivity contribution in [1.82, 2.24) is 0 Å². The number of carbonyl (C=O) groups is 1. The third-order valence-electron chi connectivity index (χ3n) is 2.82. The molecule has 0 aliphatic carbocycles. The van der Waals surface area contributed by atoms with Gasteiger partial charge in [-0.3, -0.25) is 0 Å². The van der Waals surface area contributed by atoms with Crippen molar-refractivity contribution in [2.24, 2.45) is 0 Å². The minimum atomic E-state index is -1.18. The van der Waals surface area contributed by atoms with Crippen molar-refractivity contribution in [2.45, 2.75) is 13.8 Å². The molecule has 0 heterocycles. The summed E-state index contributed by atoms with van der Waals surface area (Å²) in [5.74, 6) is -1.58. The summed E-state index contributed by atoms with van der Waals surface area (Å²) in [4.78, 5) is 10.8. The first kappa shape index (κ1) is 10.5. The molecule has 0 unspecified atom stereocenters. The Balaban J connectivity index is 2.84. The van der Waals surface area contributed by atoms with Gasteiger partial charge in [0.05, 0.1) is 5.56 Å². The fourth-order valence-electron chi connectivity index (χ4n) is 1.74. The Morgan fingerprint density at radius 1 is 1.19 bits per heavy atom. The Labute approximate surface area is 93.0 Å². The van der Waals surface area contributed by atoms with E-state index in [1.165, 1.54) is 6.07 Å². The van der Waals surface area contributed by atoms with Gasteiger partial charge in [0, 0.05) is 0 Å². The summed E-state index contributed by atoms with van der Waals surface area (Å²) in [6.07, 6.45) is 0. The number of benzene rings is 2. The summed E-state index contributed by atoms with van der Waals surface area (Å²) < 4.78 is 0. The molecule has 0 radical (unpaired) electrons.